The molecule has 0 spiro atoms. The van der Waals surface area contributed by atoms with Crippen LogP contribution in [0.15, 0.2) is 54.7 Å². The number of benzene rings is 2. The topological polar surface area (TPSA) is 54.5 Å². The summed E-state index contributed by atoms with van der Waals surface area (Å²) in [5, 5.41) is 4.99. The number of ether oxygens (including phenoxy) is 1. The van der Waals surface area contributed by atoms with E-state index in [9.17, 15) is 4.79 Å². The van der Waals surface area contributed by atoms with Crippen molar-refractivity contribution in [2.75, 3.05) is 25.1 Å². The molecule has 0 bridgehead atoms. The van der Waals surface area contributed by atoms with Crippen molar-refractivity contribution in [2.24, 2.45) is 0 Å². The van der Waals surface area contributed by atoms with Gasteiger partial charge in [0, 0.05) is 36.8 Å². The fraction of sp³-hybridized carbons (Fsp3) is 0.304. The minimum Gasteiger partial charge on any atom is -0.496 e. The molecule has 3 aromatic rings. The largest absolute Gasteiger partial charge is 0.496 e. The highest BCUT2D eigenvalue weighted by atomic mass is 16.5. The van der Waals surface area contributed by atoms with Crippen LogP contribution in [0.25, 0.3) is 10.8 Å². The fourth-order valence-corrected chi connectivity index (χ4v) is 3.84. The van der Waals surface area contributed by atoms with Gasteiger partial charge >= 0.3 is 0 Å². The second kappa shape index (κ2) is 8.30. The Balaban J connectivity index is 1.61. The third kappa shape index (κ3) is 3.65. The van der Waals surface area contributed by atoms with Crippen molar-refractivity contribution in [1.29, 1.82) is 0 Å². The van der Waals surface area contributed by atoms with Gasteiger partial charge in [-0.3, -0.25) is 4.79 Å². The molecule has 1 aliphatic heterocycles. The summed E-state index contributed by atoms with van der Waals surface area (Å²) in [7, 11) is 1.64. The second-order valence-corrected chi connectivity index (χ2v) is 7.08. The van der Waals surface area contributed by atoms with E-state index in [0.29, 0.717) is 12.1 Å². The molecule has 2 aromatic carbocycles. The number of hydrogen-bond donors (Lipinski definition) is 1. The summed E-state index contributed by atoms with van der Waals surface area (Å²) in [5.74, 6) is 1.63. The number of para-hydroxylation sites is 1. The van der Waals surface area contributed by atoms with Gasteiger partial charge in [-0.05, 0) is 30.7 Å². The number of anilines is 1. The number of rotatable bonds is 5. The molecule has 0 aliphatic carbocycles. The Morgan fingerprint density at radius 3 is 2.54 bits per heavy atom. The third-order valence-corrected chi connectivity index (χ3v) is 5.31. The van der Waals surface area contributed by atoms with E-state index in [2.05, 4.69) is 21.3 Å². The Morgan fingerprint density at radius 1 is 1.04 bits per heavy atom. The lowest BCUT2D eigenvalue weighted by molar-refractivity contribution is 0.0952. The lowest BCUT2D eigenvalue weighted by Crippen LogP contribution is -2.30. The highest BCUT2D eigenvalue weighted by Gasteiger charge is 2.18. The van der Waals surface area contributed by atoms with Crippen LogP contribution in [0.3, 0.4) is 0 Å². The van der Waals surface area contributed by atoms with E-state index in [1.807, 2.05) is 42.5 Å². The fourth-order valence-electron chi connectivity index (χ4n) is 3.84. The Labute approximate surface area is 165 Å². The van der Waals surface area contributed by atoms with Gasteiger partial charge in [-0.1, -0.05) is 42.5 Å². The molecule has 2 heterocycles. The van der Waals surface area contributed by atoms with Crippen LogP contribution in [-0.4, -0.2) is 31.1 Å². The van der Waals surface area contributed by atoms with Crippen LogP contribution in [0.1, 0.15) is 35.2 Å². The minimum atomic E-state index is -0.125. The molecular formula is C23H25N3O2. The highest BCUT2D eigenvalue weighted by molar-refractivity contribution is 6.09. The second-order valence-electron chi connectivity index (χ2n) is 7.08. The van der Waals surface area contributed by atoms with E-state index in [1.165, 1.54) is 19.3 Å². The summed E-state index contributed by atoms with van der Waals surface area (Å²) in [6.45, 7) is 2.46. The number of aromatic nitrogens is 1. The molecule has 4 rings (SSSR count). The maximum absolute atomic E-state index is 12.9. The average Bonchev–Trinajstić information content (AvgIpc) is 2.77. The van der Waals surface area contributed by atoms with Crippen molar-refractivity contribution in [1.82, 2.24) is 10.3 Å². The van der Waals surface area contributed by atoms with Gasteiger partial charge in [0.05, 0.1) is 12.7 Å². The van der Waals surface area contributed by atoms with Crippen molar-refractivity contribution in [3.8, 4) is 5.75 Å². The van der Waals surface area contributed by atoms with Gasteiger partial charge in [-0.25, -0.2) is 4.98 Å². The van der Waals surface area contributed by atoms with E-state index in [4.69, 9.17) is 4.74 Å². The summed E-state index contributed by atoms with van der Waals surface area (Å²) < 4.78 is 5.37. The molecule has 0 unspecified atom stereocenters. The molecule has 1 aliphatic rings. The first-order valence-electron chi connectivity index (χ1n) is 9.80. The molecule has 0 saturated carbocycles. The molecule has 0 atom stereocenters. The van der Waals surface area contributed by atoms with Gasteiger partial charge in [-0.2, -0.15) is 0 Å². The van der Waals surface area contributed by atoms with Crippen LogP contribution < -0.4 is 15.0 Å². The van der Waals surface area contributed by atoms with Gasteiger partial charge in [0.25, 0.3) is 5.91 Å². The van der Waals surface area contributed by atoms with Gasteiger partial charge < -0.3 is 15.0 Å². The first kappa shape index (κ1) is 18.3. The van der Waals surface area contributed by atoms with Gasteiger partial charge in [0.15, 0.2) is 0 Å². The van der Waals surface area contributed by atoms with Crippen LogP contribution in [0, 0.1) is 0 Å². The molecule has 1 N–H and O–H groups in total. The van der Waals surface area contributed by atoms with E-state index < -0.39 is 0 Å². The number of methoxy groups -OCH3 is 1. The number of fused-ring (bicyclic) bond motifs is 1. The maximum atomic E-state index is 12.9. The van der Waals surface area contributed by atoms with Crippen molar-refractivity contribution in [3.63, 3.8) is 0 Å². The zero-order chi connectivity index (χ0) is 19.3. The summed E-state index contributed by atoms with van der Waals surface area (Å²) in [5.41, 5.74) is 1.55. The molecule has 144 valence electrons. The van der Waals surface area contributed by atoms with Crippen molar-refractivity contribution < 1.29 is 9.53 Å². The van der Waals surface area contributed by atoms with Crippen LogP contribution in [0.5, 0.6) is 5.75 Å². The number of pyridine rings is 1. The Bertz CT molecular complexity index is 980. The number of carbonyl (C=O) groups is 1. The molecule has 1 amide bonds. The molecular weight excluding hydrogens is 350 g/mol. The number of nitrogens with zero attached hydrogens (tertiary/aromatic N) is 2. The Kier molecular flexibility index (Phi) is 5.42. The van der Waals surface area contributed by atoms with Crippen molar-refractivity contribution >= 4 is 22.5 Å². The number of carbonyl (C=O) groups excluding carboxylic acids is 1. The maximum Gasteiger partial charge on any atom is 0.253 e. The average molecular weight is 375 g/mol. The Hall–Kier alpha value is -3.08. The van der Waals surface area contributed by atoms with Gasteiger partial charge in [0.1, 0.15) is 11.6 Å². The van der Waals surface area contributed by atoms with Gasteiger partial charge in [-0.15, -0.1) is 0 Å². The first-order valence-corrected chi connectivity index (χ1v) is 9.80. The number of piperidine rings is 1. The van der Waals surface area contributed by atoms with Crippen LogP contribution in [0.2, 0.25) is 0 Å². The normalized spacial score (nSPS) is 14.1. The number of hydrogen-bond acceptors (Lipinski definition) is 4. The molecule has 5 nitrogen and oxygen atoms in total. The minimum absolute atomic E-state index is 0.125. The summed E-state index contributed by atoms with van der Waals surface area (Å²) in [6.07, 6.45) is 5.37. The van der Waals surface area contributed by atoms with Crippen LogP contribution >= 0.6 is 0 Å². The molecule has 1 saturated heterocycles. The monoisotopic (exact) mass is 375 g/mol. The molecule has 28 heavy (non-hydrogen) atoms. The predicted octanol–water partition coefficient (Wildman–Crippen LogP) is 4.16. The SMILES string of the molecule is COc1ccccc1CNC(=O)c1cnc(N2CCCCC2)c2ccccc12. The Morgan fingerprint density at radius 2 is 1.75 bits per heavy atom. The van der Waals surface area contributed by atoms with Crippen molar-refractivity contribution in [3.05, 3.63) is 65.9 Å². The lowest BCUT2D eigenvalue weighted by atomic mass is 10.0. The van der Waals surface area contributed by atoms with E-state index in [0.717, 1.165) is 41.0 Å². The standard InChI is InChI=1S/C23H25N3O2/c1-28-21-12-6-3-9-17(21)15-25-23(27)20-16-24-22(26-13-7-2-8-14-26)19-11-5-4-10-18(19)20/h3-6,9-12,16H,2,7-8,13-15H2,1H3,(H,25,27). The molecule has 5 heteroatoms. The summed E-state index contributed by atoms with van der Waals surface area (Å²) in [6, 6.07) is 15.7. The third-order valence-electron chi connectivity index (χ3n) is 5.31. The predicted molar refractivity (Wildman–Crippen MR) is 112 cm³/mol. The number of nitrogens with one attached hydrogen (secondary N) is 1. The summed E-state index contributed by atoms with van der Waals surface area (Å²) in [4.78, 5) is 19.9. The van der Waals surface area contributed by atoms with E-state index in [-0.39, 0.29) is 5.91 Å². The zero-order valence-electron chi connectivity index (χ0n) is 16.1. The van der Waals surface area contributed by atoms with Crippen molar-refractivity contribution in [2.45, 2.75) is 25.8 Å². The van der Waals surface area contributed by atoms with Crippen LogP contribution in [-0.2, 0) is 6.54 Å². The molecule has 1 aromatic heterocycles. The van der Waals surface area contributed by atoms with Gasteiger partial charge in [0.2, 0.25) is 0 Å². The quantitative estimate of drug-likeness (QED) is 0.727. The lowest BCUT2D eigenvalue weighted by Gasteiger charge is -2.29. The molecule has 1 fully saturated rings. The van der Waals surface area contributed by atoms with Crippen LogP contribution in [0.4, 0.5) is 5.82 Å². The summed E-state index contributed by atoms with van der Waals surface area (Å²) >= 11 is 0. The smallest absolute Gasteiger partial charge is 0.253 e. The highest BCUT2D eigenvalue weighted by Crippen LogP contribution is 2.29. The van der Waals surface area contributed by atoms with E-state index in [1.54, 1.807) is 13.3 Å². The van der Waals surface area contributed by atoms with E-state index >= 15 is 0 Å². The molecule has 0 radical (unpaired) electrons. The zero-order valence-corrected chi connectivity index (χ0v) is 16.1. The number of amides is 1. The first-order chi connectivity index (χ1) is 13.8.